The molecule has 12 nitrogen and oxygen atoms in total. The topological polar surface area (TPSA) is 140 Å². The number of amides is 2. The van der Waals surface area contributed by atoms with Gasteiger partial charge in [-0.3, -0.25) is 18.9 Å². The third-order valence-corrected chi connectivity index (χ3v) is 9.32. The number of nitrogens with zero attached hydrogens (tertiary/aromatic N) is 6. The van der Waals surface area contributed by atoms with Crippen LogP contribution in [-0.4, -0.2) is 80.4 Å². The Morgan fingerprint density at radius 2 is 1.85 bits per heavy atom. The van der Waals surface area contributed by atoms with Crippen LogP contribution in [0.5, 0.6) is 5.75 Å². The third kappa shape index (κ3) is 6.74. The molecule has 0 spiro atoms. The second kappa shape index (κ2) is 13.8. The molecule has 270 valence electrons. The molecule has 3 aromatic heterocycles. The maximum absolute atomic E-state index is 14.2. The van der Waals surface area contributed by atoms with E-state index in [1.165, 1.54) is 31.5 Å². The van der Waals surface area contributed by atoms with Crippen molar-refractivity contribution in [3.05, 3.63) is 102 Å². The molecule has 5 aromatic rings. The largest absolute Gasteiger partial charge is 0.496 e. The molecule has 2 amide bonds. The van der Waals surface area contributed by atoms with E-state index in [1.807, 2.05) is 11.8 Å². The normalized spacial score (nSPS) is 18.3. The lowest BCUT2D eigenvalue weighted by molar-refractivity contribution is -0.154. The van der Waals surface area contributed by atoms with Gasteiger partial charge in [-0.15, -0.1) is 0 Å². The van der Waals surface area contributed by atoms with Crippen molar-refractivity contribution in [1.29, 1.82) is 0 Å². The number of methoxy groups -OCH3 is 1. The van der Waals surface area contributed by atoms with E-state index in [0.717, 1.165) is 18.3 Å². The van der Waals surface area contributed by atoms with Crippen LogP contribution >= 0.6 is 0 Å². The first-order valence-corrected chi connectivity index (χ1v) is 16.4. The van der Waals surface area contributed by atoms with Crippen LogP contribution in [0.2, 0.25) is 0 Å². The van der Waals surface area contributed by atoms with Crippen molar-refractivity contribution in [1.82, 2.24) is 29.2 Å². The average Bonchev–Trinajstić information content (AvgIpc) is 3.50. The van der Waals surface area contributed by atoms with Crippen molar-refractivity contribution in [2.45, 2.75) is 31.8 Å². The Morgan fingerprint density at radius 3 is 2.60 bits per heavy atom. The van der Waals surface area contributed by atoms with E-state index < -0.39 is 23.8 Å². The predicted molar refractivity (Wildman–Crippen MR) is 182 cm³/mol. The molecule has 52 heavy (non-hydrogen) atoms. The Bertz CT molecular complexity index is 2150. The summed E-state index contributed by atoms with van der Waals surface area (Å²) in [5.41, 5.74) is 7.40. The minimum absolute atomic E-state index is 0.0104. The highest BCUT2D eigenvalue weighted by Crippen LogP contribution is 2.38. The number of hydrogen-bond acceptors (Lipinski definition) is 9. The van der Waals surface area contributed by atoms with Gasteiger partial charge in [0.2, 0.25) is 5.91 Å². The number of pyridine rings is 1. The molecule has 5 heterocycles. The van der Waals surface area contributed by atoms with Crippen LogP contribution in [0.3, 0.4) is 0 Å². The van der Waals surface area contributed by atoms with Crippen molar-refractivity contribution in [2.24, 2.45) is 5.92 Å². The predicted octanol–water partition coefficient (Wildman–Crippen LogP) is 5.21. The zero-order chi connectivity index (χ0) is 36.7. The number of benzene rings is 2. The SMILES string of the molecule is COc1cc(C(=O)Nc2cc(C(F)(F)F)ccn2)ccc1-c1nc([C@H]2CN(C(=O)C3CN(Cc4ccccc4F)C3)[C@@H](C)CO2)n2ccnc(N)c12. The number of imidazole rings is 1. The standard InChI is InChI=1S/C36H34F4N8O4/c1-20-19-52-28(18-48(20)35(50)23-16-46(17-23)15-22-5-3-4-6-26(22)37)33-45-30(31-32(41)43-11-12-47(31)33)25-8-7-21(13-27(25)51-2)34(49)44-29-14-24(9-10-42-29)36(38,39)40/h3-14,20,23,28H,15-19H2,1-2H3,(H2,41,43)(H,42,44,49)/t20-,28+/m0/s1. The van der Waals surface area contributed by atoms with Gasteiger partial charge in [-0.25, -0.2) is 19.3 Å². The van der Waals surface area contributed by atoms with Gasteiger partial charge in [-0.2, -0.15) is 13.2 Å². The number of fused-ring (bicyclic) bond motifs is 1. The zero-order valence-electron chi connectivity index (χ0n) is 28.1. The molecule has 0 radical (unpaired) electrons. The number of halogens is 4. The lowest BCUT2D eigenvalue weighted by Crippen LogP contribution is -2.58. The minimum atomic E-state index is -4.60. The van der Waals surface area contributed by atoms with Gasteiger partial charge in [-0.05, 0) is 43.3 Å². The van der Waals surface area contributed by atoms with Crippen molar-refractivity contribution in [3.63, 3.8) is 0 Å². The maximum atomic E-state index is 14.2. The molecule has 2 aromatic carbocycles. The van der Waals surface area contributed by atoms with Crippen LogP contribution < -0.4 is 15.8 Å². The summed E-state index contributed by atoms with van der Waals surface area (Å²) in [5, 5.41) is 2.39. The molecule has 2 aliphatic heterocycles. The quantitative estimate of drug-likeness (QED) is 0.207. The van der Waals surface area contributed by atoms with Gasteiger partial charge in [0.25, 0.3) is 5.91 Å². The second-order valence-electron chi connectivity index (χ2n) is 12.8. The molecule has 2 fully saturated rings. The lowest BCUT2D eigenvalue weighted by Gasteiger charge is -2.44. The molecule has 7 rings (SSSR count). The van der Waals surface area contributed by atoms with Gasteiger partial charge in [0.1, 0.15) is 46.3 Å². The fraction of sp³-hybridized carbons (Fsp3) is 0.306. The van der Waals surface area contributed by atoms with Crippen LogP contribution in [0.4, 0.5) is 29.2 Å². The fourth-order valence-corrected chi connectivity index (χ4v) is 6.57. The van der Waals surface area contributed by atoms with E-state index in [4.69, 9.17) is 20.2 Å². The minimum Gasteiger partial charge on any atom is -0.496 e. The van der Waals surface area contributed by atoms with Gasteiger partial charge in [-0.1, -0.05) is 18.2 Å². The Hall–Kier alpha value is -5.61. The van der Waals surface area contributed by atoms with Gasteiger partial charge in [0.05, 0.1) is 37.8 Å². The summed E-state index contributed by atoms with van der Waals surface area (Å²) >= 11 is 0. The number of carbonyl (C=O) groups is 2. The van der Waals surface area contributed by atoms with Gasteiger partial charge in [0, 0.05) is 54.9 Å². The summed E-state index contributed by atoms with van der Waals surface area (Å²) < 4.78 is 67.4. The summed E-state index contributed by atoms with van der Waals surface area (Å²) in [4.78, 5) is 43.7. The lowest BCUT2D eigenvalue weighted by atomic mass is 9.96. The van der Waals surface area contributed by atoms with Crippen LogP contribution in [0.1, 0.15) is 40.3 Å². The van der Waals surface area contributed by atoms with E-state index in [1.54, 1.807) is 39.8 Å². The maximum Gasteiger partial charge on any atom is 0.416 e. The number of anilines is 2. The van der Waals surface area contributed by atoms with Crippen molar-refractivity contribution in [3.8, 4) is 17.0 Å². The number of morpholine rings is 1. The molecule has 16 heteroatoms. The molecular weight excluding hydrogens is 684 g/mol. The Morgan fingerprint density at radius 1 is 1.06 bits per heavy atom. The Labute approximate surface area is 295 Å². The van der Waals surface area contributed by atoms with E-state index >= 15 is 0 Å². The van der Waals surface area contributed by atoms with Crippen LogP contribution in [0, 0.1) is 11.7 Å². The van der Waals surface area contributed by atoms with Gasteiger partial charge in [0.15, 0.2) is 0 Å². The number of ether oxygens (including phenoxy) is 2. The first kappa shape index (κ1) is 34.8. The zero-order valence-corrected chi connectivity index (χ0v) is 28.1. The number of nitrogen functional groups attached to an aromatic ring is 1. The van der Waals surface area contributed by atoms with Gasteiger partial charge < -0.3 is 25.4 Å². The number of hydrogen-bond donors (Lipinski definition) is 2. The van der Waals surface area contributed by atoms with Crippen LogP contribution in [0.15, 0.2) is 73.2 Å². The first-order chi connectivity index (χ1) is 24.9. The summed E-state index contributed by atoms with van der Waals surface area (Å²) in [5.74, 6) is -0.611. The highest BCUT2D eigenvalue weighted by Gasteiger charge is 2.41. The number of rotatable bonds is 8. The molecule has 0 unspecified atom stereocenters. The van der Waals surface area contributed by atoms with E-state index in [0.29, 0.717) is 47.8 Å². The first-order valence-electron chi connectivity index (χ1n) is 16.4. The smallest absolute Gasteiger partial charge is 0.416 e. The van der Waals surface area contributed by atoms with Gasteiger partial charge >= 0.3 is 6.18 Å². The van der Waals surface area contributed by atoms with Crippen molar-refractivity contribution >= 4 is 29.0 Å². The number of likely N-dealkylation sites (tertiary alicyclic amines) is 1. The van der Waals surface area contributed by atoms with Crippen molar-refractivity contribution in [2.75, 3.05) is 44.4 Å². The number of alkyl halides is 3. The molecule has 2 aliphatic rings. The van der Waals surface area contributed by atoms with Crippen molar-refractivity contribution < 1.29 is 36.6 Å². The Kier molecular flexibility index (Phi) is 9.27. The monoisotopic (exact) mass is 718 g/mol. The number of nitrogens with one attached hydrogen (secondary N) is 1. The summed E-state index contributed by atoms with van der Waals surface area (Å²) in [6.07, 6.45) is -1.06. The third-order valence-electron chi connectivity index (χ3n) is 9.32. The highest BCUT2D eigenvalue weighted by atomic mass is 19.4. The molecule has 0 saturated carbocycles. The van der Waals surface area contributed by atoms with E-state index in [-0.39, 0.29) is 59.8 Å². The molecule has 3 N–H and O–H groups in total. The van der Waals surface area contributed by atoms with E-state index in [9.17, 15) is 27.2 Å². The number of carbonyl (C=O) groups excluding carboxylic acids is 2. The molecule has 0 bridgehead atoms. The second-order valence-corrected chi connectivity index (χ2v) is 12.8. The summed E-state index contributed by atoms with van der Waals surface area (Å²) in [6.45, 7) is 3.88. The van der Waals surface area contributed by atoms with Crippen LogP contribution in [-0.2, 0) is 22.3 Å². The molecule has 2 atom stereocenters. The number of nitrogens with two attached hydrogens (primary N) is 1. The molecular formula is C36H34F4N8O4. The molecule has 2 saturated heterocycles. The molecule has 0 aliphatic carbocycles. The average molecular weight is 719 g/mol. The summed E-state index contributed by atoms with van der Waals surface area (Å²) in [6, 6.07) is 12.5. The Balaban J connectivity index is 1.12. The highest BCUT2D eigenvalue weighted by molar-refractivity contribution is 6.04. The number of aromatic nitrogens is 4. The summed E-state index contributed by atoms with van der Waals surface area (Å²) in [7, 11) is 1.41. The van der Waals surface area contributed by atoms with Crippen LogP contribution in [0.25, 0.3) is 16.8 Å². The van der Waals surface area contributed by atoms with E-state index in [2.05, 4.69) is 15.3 Å². The fourth-order valence-electron chi connectivity index (χ4n) is 6.57.